The predicted molar refractivity (Wildman–Crippen MR) is 81.5 cm³/mol. The van der Waals surface area contributed by atoms with Crippen LogP contribution in [0.15, 0.2) is 35.1 Å². The van der Waals surface area contributed by atoms with E-state index in [9.17, 15) is 4.79 Å². The van der Waals surface area contributed by atoms with E-state index in [2.05, 4.69) is 39.4 Å². The van der Waals surface area contributed by atoms with Crippen LogP contribution in [0.1, 0.15) is 24.0 Å². The van der Waals surface area contributed by atoms with Gasteiger partial charge in [-0.1, -0.05) is 19.1 Å². The van der Waals surface area contributed by atoms with Gasteiger partial charge in [-0.25, -0.2) is 4.98 Å². The fourth-order valence-electron chi connectivity index (χ4n) is 2.17. The highest BCUT2D eigenvalue weighted by molar-refractivity contribution is 5.45. The van der Waals surface area contributed by atoms with Gasteiger partial charge in [0.1, 0.15) is 5.82 Å². The summed E-state index contributed by atoms with van der Waals surface area (Å²) in [5.41, 5.74) is 2.82. The Hall–Kier alpha value is -2.63. The number of aryl methyl sites for hydroxylation is 2. The molecule has 0 aliphatic heterocycles. The third kappa shape index (κ3) is 2.79. The summed E-state index contributed by atoms with van der Waals surface area (Å²) >= 11 is 0. The van der Waals surface area contributed by atoms with E-state index >= 15 is 0 Å². The minimum atomic E-state index is -0.154. The number of nitrogens with one attached hydrogen (secondary N) is 2. The van der Waals surface area contributed by atoms with Crippen molar-refractivity contribution < 1.29 is 0 Å². The Bertz CT molecular complexity index is 816. The molecule has 0 amide bonds. The van der Waals surface area contributed by atoms with Crippen LogP contribution in [0.25, 0.3) is 5.78 Å². The van der Waals surface area contributed by atoms with Gasteiger partial charge in [0.15, 0.2) is 0 Å². The minimum absolute atomic E-state index is 0.154. The Balaban J connectivity index is 1.79. The zero-order valence-corrected chi connectivity index (χ0v) is 12.1. The van der Waals surface area contributed by atoms with Crippen LogP contribution in [0, 0.1) is 6.92 Å². The lowest BCUT2D eigenvalue weighted by Crippen LogP contribution is -2.17. The number of benzene rings is 1. The van der Waals surface area contributed by atoms with Crippen molar-refractivity contribution in [2.45, 2.75) is 26.8 Å². The number of anilines is 1. The second-order valence-electron chi connectivity index (χ2n) is 4.93. The lowest BCUT2D eigenvalue weighted by Gasteiger charge is -2.06. The average molecular weight is 283 g/mol. The summed E-state index contributed by atoms with van der Waals surface area (Å²) < 4.78 is 1.34. The lowest BCUT2D eigenvalue weighted by molar-refractivity contribution is 0.863. The van der Waals surface area contributed by atoms with Crippen molar-refractivity contribution in [2.24, 2.45) is 0 Å². The Morgan fingerprint density at radius 1 is 1.24 bits per heavy atom. The third-order valence-corrected chi connectivity index (χ3v) is 3.33. The number of nitrogens with zero attached hydrogens (tertiary/aromatic N) is 3. The first-order valence-electron chi connectivity index (χ1n) is 6.94. The van der Waals surface area contributed by atoms with Crippen molar-refractivity contribution in [1.82, 2.24) is 19.6 Å². The molecule has 6 heteroatoms. The maximum absolute atomic E-state index is 11.9. The highest BCUT2D eigenvalue weighted by Crippen LogP contribution is 2.11. The molecular formula is C15H17N5O. The van der Waals surface area contributed by atoms with Crippen molar-refractivity contribution in [3.05, 3.63) is 57.8 Å². The van der Waals surface area contributed by atoms with E-state index in [0.29, 0.717) is 23.8 Å². The van der Waals surface area contributed by atoms with Gasteiger partial charge in [-0.3, -0.25) is 9.89 Å². The highest BCUT2D eigenvalue weighted by atomic mass is 16.1. The quantitative estimate of drug-likeness (QED) is 0.767. The monoisotopic (exact) mass is 283 g/mol. The molecule has 0 bridgehead atoms. The molecule has 0 unspecified atom stereocenters. The summed E-state index contributed by atoms with van der Waals surface area (Å²) in [4.78, 5) is 20.5. The molecule has 0 aliphatic rings. The Labute approximate surface area is 121 Å². The number of H-pyrrole nitrogens is 1. The first kappa shape index (κ1) is 13.4. The van der Waals surface area contributed by atoms with E-state index < -0.39 is 0 Å². The Morgan fingerprint density at radius 3 is 2.71 bits per heavy atom. The maximum atomic E-state index is 11.9. The van der Waals surface area contributed by atoms with Crippen LogP contribution < -0.4 is 10.9 Å². The topological polar surface area (TPSA) is 75.1 Å². The van der Waals surface area contributed by atoms with Crippen LogP contribution in [0.3, 0.4) is 0 Å². The molecule has 3 aromatic rings. The summed E-state index contributed by atoms with van der Waals surface area (Å²) in [6.07, 6.45) is 1.02. The molecule has 1 aromatic carbocycles. The van der Waals surface area contributed by atoms with Gasteiger partial charge >= 0.3 is 0 Å². The van der Waals surface area contributed by atoms with Gasteiger partial charge in [0, 0.05) is 11.8 Å². The first-order chi connectivity index (χ1) is 10.2. The summed E-state index contributed by atoms with van der Waals surface area (Å²) in [5, 5.41) is 6.11. The molecule has 2 N–H and O–H groups in total. The van der Waals surface area contributed by atoms with E-state index in [1.165, 1.54) is 16.1 Å². The van der Waals surface area contributed by atoms with Gasteiger partial charge in [-0.2, -0.15) is 9.50 Å². The smallest absolute Gasteiger partial charge is 0.274 e. The molecule has 0 spiro atoms. The van der Waals surface area contributed by atoms with Crippen molar-refractivity contribution >= 4 is 11.5 Å². The summed E-state index contributed by atoms with van der Waals surface area (Å²) in [6.45, 7) is 4.41. The summed E-state index contributed by atoms with van der Waals surface area (Å²) in [5.74, 6) is 1.07. The molecule has 0 saturated heterocycles. The number of rotatable bonds is 4. The maximum Gasteiger partial charge on any atom is 0.274 e. The fourth-order valence-corrected chi connectivity index (χ4v) is 2.17. The Kier molecular flexibility index (Phi) is 3.43. The second kappa shape index (κ2) is 5.40. The molecule has 6 nitrogen and oxygen atoms in total. The van der Waals surface area contributed by atoms with Crippen molar-refractivity contribution in [2.75, 3.05) is 5.32 Å². The lowest BCUT2D eigenvalue weighted by atomic mass is 10.1. The number of hydrogen-bond acceptors (Lipinski definition) is 4. The predicted octanol–water partition coefficient (Wildman–Crippen LogP) is 1.90. The van der Waals surface area contributed by atoms with E-state index in [4.69, 9.17) is 0 Å². The molecule has 108 valence electrons. The van der Waals surface area contributed by atoms with Gasteiger partial charge in [0.2, 0.25) is 0 Å². The van der Waals surface area contributed by atoms with Crippen LogP contribution in [0.4, 0.5) is 5.69 Å². The average Bonchev–Trinajstić information content (AvgIpc) is 2.87. The molecule has 3 rings (SSSR count). The molecule has 2 aromatic heterocycles. The van der Waals surface area contributed by atoms with Crippen LogP contribution in [0.2, 0.25) is 0 Å². The Morgan fingerprint density at radius 2 is 2.00 bits per heavy atom. The number of aromatic amines is 1. The molecular weight excluding hydrogens is 266 g/mol. The summed E-state index contributed by atoms with van der Waals surface area (Å²) in [7, 11) is 0. The molecule has 2 heterocycles. The van der Waals surface area contributed by atoms with Crippen molar-refractivity contribution in [1.29, 1.82) is 0 Å². The molecule has 0 atom stereocenters. The fraction of sp³-hybridized carbons (Fsp3) is 0.267. The van der Waals surface area contributed by atoms with E-state index in [1.807, 2.05) is 12.1 Å². The molecule has 0 aliphatic carbocycles. The van der Waals surface area contributed by atoms with Gasteiger partial charge in [-0.05, 0) is 31.0 Å². The zero-order valence-electron chi connectivity index (χ0n) is 12.1. The van der Waals surface area contributed by atoms with Gasteiger partial charge < -0.3 is 5.32 Å². The zero-order chi connectivity index (χ0) is 14.8. The van der Waals surface area contributed by atoms with Crippen molar-refractivity contribution in [3.8, 4) is 0 Å². The van der Waals surface area contributed by atoms with E-state index in [1.54, 1.807) is 6.92 Å². The molecule has 0 radical (unpaired) electrons. The van der Waals surface area contributed by atoms with Gasteiger partial charge in [-0.15, -0.1) is 0 Å². The summed E-state index contributed by atoms with van der Waals surface area (Å²) in [6, 6.07) is 9.75. The number of aromatic nitrogens is 4. The normalized spacial score (nSPS) is 11.0. The van der Waals surface area contributed by atoms with Crippen LogP contribution in [0.5, 0.6) is 0 Å². The van der Waals surface area contributed by atoms with Crippen LogP contribution in [-0.2, 0) is 13.0 Å². The minimum Gasteiger partial charge on any atom is -0.379 e. The number of fused-ring (bicyclic) bond motifs is 1. The number of hydrogen-bond donors (Lipinski definition) is 2. The van der Waals surface area contributed by atoms with Gasteiger partial charge in [0.25, 0.3) is 11.3 Å². The van der Waals surface area contributed by atoms with Crippen molar-refractivity contribution in [3.63, 3.8) is 0 Å². The molecule has 21 heavy (non-hydrogen) atoms. The first-order valence-corrected chi connectivity index (χ1v) is 6.94. The van der Waals surface area contributed by atoms with Crippen LogP contribution >= 0.6 is 0 Å². The standard InChI is InChI=1S/C15H17N5O/c1-3-11-4-6-12(7-5-11)16-9-13-8-14(21)20-15(18-13)17-10(2)19-20/h4-8,16H,3,9H2,1-2H3,(H,17,18,19). The SMILES string of the molecule is CCc1ccc(NCc2cc(=O)n3[nH]c(C)nc3n2)cc1. The third-order valence-electron chi connectivity index (χ3n) is 3.33. The van der Waals surface area contributed by atoms with Crippen LogP contribution in [-0.4, -0.2) is 19.6 Å². The molecule has 0 fully saturated rings. The van der Waals surface area contributed by atoms with E-state index in [0.717, 1.165) is 12.1 Å². The van der Waals surface area contributed by atoms with Gasteiger partial charge in [0.05, 0.1) is 12.2 Å². The van der Waals surface area contributed by atoms with E-state index in [-0.39, 0.29) is 5.56 Å². The molecule has 0 saturated carbocycles. The largest absolute Gasteiger partial charge is 0.379 e. The highest BCUT2D eigenvalue weighted by Gasteiger charge is 2.05. The second-order valence-corrected chi connectivity index (χ2v) is 4.93.